The summed E-state index contributed by atoms with van der Waals surface area (Å²) in [5, 5.41) is 4.34. The fourth-order valence-corrected chi connectivity index (χ4v) is 4.09. The normalized spacial score (nSPS) is 21.0. The van der Waals surface area contributed by atoms with E-state index in [4.69, 9.17) is 4.98 Å². The van der Waals surface area contributed by atoms with E-state index in [1.165, 1.54) is 17.7 Å². The first kappa shape index (κ1) is 17.3. The number of fused-ring (bicyclic) bond motifs is 1. The van der Waals surface area contributed by atoms with E-state index in [0.29, 0.717) is 5.92 Å². The molecule has 1 saturated heterocycles. The van der Waals surface area contributed by atoms with Crippen LogP contribution in [0.3, 0.4) is 0 Å². The molecule has 7 heteroatoms. The molecule has 1 fully saturated rings. The van der Waals surface area contributed by atoms with Crippen LogP contribution in [0.25, 0.3) is 0 Å². The summed E-state index contributed by atoms with van der Waals surface area (Å²) in [6, 6.07) is 0. The number of aryl methyl sites for hydroxylation is 1. The van der Waals surface area contributed by atoms with Gasteiger partial charge >= 0.3 is 0 Å². The Balaban J connectivity index is 1.55. The molecule has 4 rings (SSSR count). The number of hydrogen-bond acceptors (Lipinski definition) is 5. The molecular weight excluding hydrogens is 328 g/mol. The Labute approximate surface area is 154 Å². The van der Waals surface area contributed by atoms with Gasteiger partial charge in [-0.25, -0.2) is 4.98 Å². The molecule has 1 atom stereocenters. The molecule has 2 aliphatic heterocycles. The highest BCUT2D eigenvalue weighted by atomic mass is 16.1. The van der Waals surface area contributed by atoms with Gasteiger partial charge in [-0.3, -0.25) is 19.4 Å². The Hall–Kier alpha value is -2.15. The summed E-state index contributed by atoms with van der Waals surface area (Å²) in [4.78, 5) is 25.1. The summed E-state index contributed by atoms with van der Waals surface area (Å²) in [5.41, 5.74) is 4.27. The highest BCUT2D eigenvalue weighted by Crippen LogP contribution is 2.22. The molecule has 0 unspecified atom stereocenters. The molecule has 26 heavy (non-hydrogen) atoms. The van der Waals surface area contributed by atoms with Crippen molar-refractivity contribution in [3.63, 3.8) is 0 Å². The van der Waals surface area contributed by atoms with Crippen molar-refractivity contribution in [1.29, 1.82) is 0 Å². The van der Waals surface area contributed by atoms with Crippen LogP contribution in [0.15, 0.2) is 11.0 Å². The first-order valence-electron chi connectivity index (χ1n) is 9.58. The molecule has 0 bridgehead atoms. The topological polar surface area (TPSA) is 70.1 Å². The van der Waals surface area contributed by atoms with Gasteiger partial charge in [0.1, 0.15) is 0 Å². The van der Waals surface area contributed by atoms with Crippen molar-refractivity contribution >= 4 is 5.95 Å². The number of rotatable bonds is 3. The van der Waals surface area contributed by atoms with Crippen molar-refractivity contribution in [2.24, 2.45) is 13.0 Å². The Bertz CT molecular complexity index is 854. The third kappa shape index (κ3) is 3.28. The molecular formula is C19H28N6O. The molecule has 4 heterocycles. The first-order chi connectivity index (χ1) is 12.5. The predicted molar refractivity (Wildman–Crippen MR) is 101 cm³/mol. The summed E-state index contributed by atoms with van der Waals surface area (Å²) in [5.74, 6) is 1.40. The maximum atomic E-state index is 12.6. The van der Waals surface area contributed by atoms with Crippen molar-refractivity contribution in [2.45, 2.75) is 46.2 Å². The number of anilines is 1. The first-order valence-corrected chi connectivity index (χ1v) is 9.58. The van der Waals surface area contributed by atoms with Crippen LogP contribution >= 0.6 is 0 Å². The molecule has 0 saturated carbocycles. The van der Waals surface area contributed by atoms with Crippen LogP contribution in [0.4, 0.5) is 5.95 Å². The summed E-state index contributed by atoms with van der Waals surface area (Å²) in [7, 11) is 1.97. The number of aromatic amines is 1. The van der Waals surface area contributed by atoms with Gasteiger partial charge in [-0.1, -0.05) is 6.92 Å². The van der Waals surface area contributed by atoms with Crippen molar-refractivity contribution in [3.8, 4) is 0 Å². The molecule has 0 amide bonds. The summed E-state index contributed by atoms with van der Waals surface area (Å²) >= 11 is 0. The lowest BCUT2D eigenvalue weighted by Gasteiger charge is -2.33. The smallest absolute Gasteiger partial charge is 0.255 e. The Morgan fingerprint density at radius 3 is 2.92 bits per heavy atom. The Morgan fingerprint density at radius 1 is 1.35 bits per heavy atom. The highest BCUT2D eigenvalue weighted by Gasteiger charge is 2.25. The van der Waals surface area contributed by atoms with Crippen molar-refractivity contribution in [1.82, 2.24) is 24.6 Å². The number of H-pyrrole nitrogens is 1. The van der Waals surface area contributed by atoms with E-state index in [9.17, 15) is 4.79 Å². The number of piperidine rings is 1. The van der Waals surface area contributed by atoms with Gasteiger partial charge < -0.3 is 4.90 Å². The molecule has 0 aromatic carbocycles. The second kappa shape index (κ2) is 6.87. The fourth-order valence-electron chi connectivity index (χ4n) is 4.09. The molecule has 0 aliphatic carbocycles. The fraction of sp³-hybridized carbons (Fsp3) is 0.632. The standard InChI is InChI=1S/C19H28N6O/c1-13-5-4-7-25(10-13)19-21-17-12-24(8-6-16(17)18(26)22-19)11-15-9-20-23(3)14(15)2/h9,13H,4-8,10-12H2,1-3H3,(H,21,22,26)/t13-/m0/s1. The van der Waals surface area contributed by atoms with Crippen LogP contribution in [0.1, 0.15) is 42.3 Å². The molecule has 0 radical (unpaired) electrons. The van der Waals surface area contributed by atoms with E-state index in [1.807, 2.05) is 17.9 Å². The summed E-state index contributed by atoms with van der Waals surface area (Å²) in [6.07, 6.45) is 5.11. The van der Waals surface area contributed by atoms with E-state index in [0.717, 1.165) is 62.8 Å². The largest absolute Gasteiger partial charge is 0.342 e. The SMILES string of the molecule is Cc1c(CN2CCc3c(nc(N4CCC[C@H](C)C4)[nH]c3=O)C2)cnn1C. The third-order valence-corrected chi connectivity index (χ3v) is 5.83. The maximum absolute atomic E-state index is 12.6. The molecule has 140 valence electrons. The van der Waals surface area contributed by atoms with Crippen LogP contribution in [-0.4, -0.2) is 44.3 Å². The Kier molecular flexibility index (Phi) is 4.56. The van der Waals surface area contributed by atoms with Gasteiger partial charge in [0, 0.05) is 56.6 Å². The average molecular weight is 356 g/mol. The van der Waals surface area contributed by atoms with Gasteiger partial charge in [-0.15, -0.1) is 0 Å². The number of nitrogens with one attached hydrogen (secondary N) is 1. The van der Waals surface area contributed by atoms with Crippen LogP contribution in [-0.2, 0) is 26.6 Å². The van der Waals surface area contributed by atoms with Gasteiger partial charge in [-0.05, 0) is 32.1 Å². The van der Waals surface area contributed by atoms with Gasteiger partial charge in [-0.2, -0.15) is 5.10 Å². The van der Waals surface area contributed by atoms with Gasteiger partial charge in [0.15, 0.2) is 0 Å². The second-order valence-electron chi connectivity index (χ2n) is 7.85. The molecule has 1 N–H and O–H groups in total. The van der Waals surface area contributed by atoms with Gasteiger partial charge in [0.25, 0.3) is 5.56 Å². The average Bonchev–Trinajstić information content (AvgIpc) is 2.93. The van der Waals surface area contributed by atoms with Crippen LogP contribution in [0.5, 0.6) is 0 Å². The highest BCUT2D eigenvalue weighted by molar-refractivity contribution is 5.35. The minimum Gasteiger partial charge on any atom is -0.342 e. The van der Waals surface area contributed by atoms with Crippen molar-refractivity contribution in [2.75, 3.05) is 24.5 Å². The number of aromatic nitrogens is 4. The molecule has 2 aliphatic rings. The summed E-state index contributed by atoms with van der Waals surface area (Å²) in [6.45, 7) is 8.77. The number of hydrogen-bond donors (Lipinski definition) is 1. The van der Waals surface area contributed by atoms with Crippen LogP contribution < -0.4 is 10.5 Å². The van der Waals surface area contributed by atoms with Gasteiger partial charge in [0.05, 0.1) is 11.9 Å². The zero-order chi connectivity index (χ0) is 18.3. The quantitative estimate of drug-likeness (QED) is 0.905. The van der Waals surface area contributed by atoms with E-state index in [2.05, 4.69) is 33.7 Å². The minimum absolute atomic E-state index is 0.0421. The van der Waals surface area contributed by atoms with Crippen molar-refractivity contribution in [3.05, 3.63) is 39.1 Å². The monoisotopic (exact) mass is 356 g/mol. The molecule has 7 nitrogen and oxygen atoms in total. The molecule has 2 aromatic rings. The maximum Gasteiger partial charge on any atom is 0.255 e. The molecule has 2 aromatic heterocycles. The van der Waals surface area contributed by atoms with E-state index >= 15 is 0 Å². The van der Waals surface area contributed by atoms with Gasteiger partial charge in [0.2, 0.25) is 5.95 Å². The minimum atomic E-state index is 0.0421. The Morgan fingerprint density at radius 2 is 2.19 bits per heavy atom. The zero-order valence-corrected chi connectivity index (χ0v) is 16.0. The summed E-state index contributed by atoms with van der Waals surface area (Å²) < 4.78 is 1.91. The lowest BCUT2D eigenvalue weighted by molar-refractivity contribution is 0.240. The second-order valence-corrected chi connectivity index (χ2v) is 7.85. The number of nitrogens with zero attached hydrogens (tertiary/aromatic N) is 5. The zero-order valence-electron chi connectivity index (χ0n) is 16.0. The van der Waals surface area contributed by atoms with E-state index < -0.39 is 0 Å². The predicted octanol–water partition coefficient (Wildman–Crippen LogP) is 1.61. The van der Waals surface area contributed by atoms with Crippen LogP contribution in [0, 0.1) is 12.8 Å². The lowest BCUT2D eigenvalue weighted by atomic mass is 10.0. The van der Waals surface area contributed by atoms with Crippen molar-refractivity contribution < 1.29 is 0 Å². The van der Waals surface area contributed by atoms with E-state index in [-0.39, 0.29) is 5.56 Å². The molecule has 0 spiro atoms. The van der Waals surface area contributed by atoms with Crippen LogP contribution in [0.2, 0.25) is 0 Å². The third-order valence-electron chi connectivity index (χ3n) is 5.83. The van der Waals surface area contributed by atoms with E-state index in [1.54, 1.807) is 0 Å². The lowest BCUT2D eigenvalue weighted by Crippen LogP contribution is -2.39.